The number of carbonyl (C=O) groups excluding carboxylic acids is 1. The molecule has 128 valence electrons. The lowest BCUT2D eigenvalue weighted by molar-refractivity contribution is 0.0761. The number of amides is 1. The fraction of sp³-hybridized carbons (Fsp3) is 0.350. The minimum Gasteiger partial charge on any atom is -0.339 e. The third-order valence-corrected chi connectivity index (χ3v) is 4.85. The van der Waals surface area contributed by atoms with Crippen LogP contribution in [0.3, 0.4) is 0 Å². The number of carbonyl (C=O) groups is 1. The average molecular weight is 334 g/mol. The summed E-state index contributed by atoms with van der Waals surface area (Å²) in [5.41, 5.74) is 3.81. The second-order valence-electron chi connectivity index (χ2n) is 6.64. The number of likely N-dealkylation sites (tertiary alicyclic amines) is 1. The van der Waals surface area contributed by atoms with E-state index >= 15 is 0 Å². The first-order valence-corrected chi connectivity index (χ1v) is 8.98. The molecule has 4 rings (SSSR count). The Balaban J connectivity index is 1.49. The molecule has 5 heteroatoms. The van der Waals surface area contributed by atoms with Crippen LogP contribution in [0, 0.1) is 0 Å². The van der Waals surface area contributed by atoms with Crippen LogP contribution in [-0.4, -0.2) is 38.9 Å². The van der Waals surface area contributed by atoms with Gasteiger partial charge in [-0.25, -0.2) is 4.68 Å². The first-order valence-electron chi connectivity index (χ1n) is 8.98. The third kappa shape index (κ3) is 3.40. The Morgan fingerprint density at radius 3 is 2.40 bits per heavy atom. The Morgan fingerprint density at radius 2 is 1.64 bits per heavy atom. The smallest absolute Gasteiger partial charge is 0.253 e. The van der Waals surface area contributed by atoms with Crippen LogP contribution in [0.4, 0.5) is 0 Å². The lowest BCUT2D eigenvalue weighted by Crippen LogP contribution is -2.31. The zero-order chi connectivity index (χ0) is 17.1. The number of hydrogen-bond acceptors (Lipinski definition) is 3. The molecular formula is C20H22N4O. The largest absolute Gasteiger partial charge is 0.339 e. The molecule has 1 fully saturated rings. The van der Waals surface area contributed by atoms with Crippen LogP contribution in [0.1, 0.15) is 41.6 Å². The first kappa shape index (κ1) is 15.8. The minimum absolute atomic E-state index is 0.152. The summed E-state index contributed by atoms with van der Waals surface area (Å²) in [7, 11) is 0. The van der Waals surface area contributed by atoms with Crippen molar-refractivity contribution < 1.29 is 4.79 Å². The number of aromatic nitrogens is 3. The summed E-state index contributed by atoms with van der Waals surface area (Å²) >= 11 is 0. The number of benzene rings is 2. The molecule has 1 saturated heterocycles. The van der Waals surface area contributed by atoms with Gasteiger partial charge in [0.25, 0.3) is 5.91 Å². The molecule has 3 aromatic rings. The SMILES string of the molecule is O=C(c1ccc(Cn2nnc3ccccc32)cc1)N1CCCCCC1. The summed E-state index contributed by atoms with van der Waals surface area (Å²) in [6.45, 7) is 2.41. The van der Waals surface area contributed by atoms with Crippen LogP contribution < -0.4 is 0 Å². The number of hydrogen-bond donors (Lipinski definition) is 0. The molecule has 0 N–H and O–H groups in total. The summed E-state index contributed by atoms with van der Waals surface area (Å²) < 4.78 is 1.89. The predicted molar refractivity (Wildman–Crippen MR) is 97.4 cm³/mol. The van der Waals surface area contributed by atoms with Gasteiger partial charge in [-0.15, -0.1) is 5.10 Å². The maximum Gasteiger partial charge on any atom is 0.253 e. The van der Waals surface area contributed by atoms with Gasteiger partial charge < -0.3 is 4.90 Å². The maximum atomic E-state index is 12.7. The summed E-state index contributed by atoms with van der Waals surface area (Å²) in [5, 5.41) is 8.41. The van der Waals surface area contributed by atoms with Crippen LogP contribution in [0.2, 0.25) is 0 Å². The highest BCUT2D eigenvalue weighted by Gasteiger charge is 2.17. The Labute approximate surface area is 147 Å². The molecule has 0 bridgehead atoms. The van der Waals surface area contributed by atoms with Gasteiger partial charge in [0.15, 0.2) is 0 Å². The van der Waals surface area contributed by atoms with Crippen LogP contribution in [0.25, 0.3) is 11.0 Å². The highest BCUT2D eigenvalue weighted by molar-refractivity contribution is 5.94. The Bertz CT molecular complexity index is 861. The molecular weight excluding hydrogens is 312 g/mol. The van der Waals surface area contributed by atoms with Gasteiger partial charge >= 0.3 is 0 Å². The van der Waals surface area contributed by atoms with Gasteiger partial charge in [-0.05, 0) is 42.7 Å². The van der Waals surface area contributed by atoms with E-state index in [-0.39, 0.29) is 5.91 Å². The highest BCUT2D eigenvalue weighted by Crippen LogP contribution is 2.16. The lowest BCUT2D eigenvalue weighted by Gasteiger charge is -2.20. The van der Waals surface area contributed by atoms with Crippen molar-refractivity contribution in [1.82, 2.24) is 19.9 Å². The molecule has 0 spiro atoms. The van der Waals surface area contributed by atoms with Crippen molar-refractivity contribution >= 4 is 16.9 Å². The lowest BCUT2D eigenvalue weighted by atomic mass is 10.1. The zero-order valence-electron chi connectivity index (χ0n) is 14.3. The van der Waals surface area contributed by atoms with Crippen molar-refractivity contribution in [3.05, 3.63) is 59.7 Å². The van der Waals surface area contributed by atoms with Gasteiger partial charge in [-0.3, -0.25) is 4.79 Å². The molecule has 0 atom stereocenters. The normalized spacial score (nSPS) is 15.3. The van der Waals surface area contributed by atoms with E-state index in [1.807, 2.05) is 58.1 Å². The standard InChI is InChI=1S/C20H22N4O/c25-20(23-13-5-1-2-6-14-23)17-11-9-16(10-12-17)15-24-19-8-4-3-7-18(19)21-22-24/h3-4,7-12H,1-2,5-6,13-15H2. The molecule has 0 unspecified atom stereocenters. The molecule has 0 radical (unpaired) electrons. The molecule has 25 heavy (non-hydrogen) atoms. The molecule has 0 saturated carbocycles. The minimum atomic E-state index is 0.152. The molecule has 1 aromatic heterocycles. The number of para-hydroxylation sites is 1. The van der Waals surface area contributed by atoms with Crippen molar-refractivity contribution in [2.24, 2.45) is 0 Å². The van der Waals surface area contributed by atoms with Crippen molar-refractivity contribution in [3.8, 4) is 0 Å². The van der Waals surface area contributed by atoms with E-state index in [2.05, 4.69) is 10.3 Å². The van der Waals surface area contributed by atoms with E-state index in [0.29, 0.717) is 6.54 Å². The zero-order valence-corrected chi connectivity index (χ0v) is 14.3. The van der Waals surface area contributed by atoms with Gasteiger partial charge in [0.2, 0.25) is 0 Å². The summed E-state index contributed by atoms with van der Waals surface area (Å²) in [5.74, 6) is 0.152. The molecule has 1 aliphatic rings. The Hall–Kier alpha value is -2.69. The number of fused-ring (bicyclic) bond motifs is 1. The van der Waals surface area contributed by atoms with E-state index < -0.39 is 0 Å². The van der Waals surface area contributed by atoms with E-state index in [4.69, 9.17) is 0 Å². The summed E-state index contributed by atoms with van der Waals surface area (Å²) in [6, 6.07) is 15.8. The molecule has 2 heterocycles. The average Bonchev–Trinajstić information content (AvgIpc) is 2.87. The Morgan fingerprint density at radius 1 is 0.920 bits per heavy atom. The van der Waals surface area contributed by atoms with E-state index in [0.717, 1.165) is 48.1 Å². The highest BCUT2D eigenvalue weighted by atomic mass is 16.2. The van der Waals surface area contributed by atoms with E-state index in [1.54, 1.807) is 0 Å². The van der Waals surface area contributed by atoms with Crippen LogP contribution in [0.5, 0.6) is 0 Å². The second kappa shape index (κ2) is 7.05. The van der Waals surface area contributed by atoms with Crippen molar-refractivity contribution in [2.45, 2.75) is 32.2 Å². The number of nitrogens with zero attached hydrogens (tertiary/aromatic N) is 4. The second-order valence-corrected chi connectivity index (χ2v) is 6.64. The number of rotatable bonds is 3. The van der Waals surface area contributed by atoms with Gasteiger partial charge in [0, 0.05) is 18.7 Å². The molecule has 1 amide bonds. The fourth-order valence-corrected chi connectivity index (χ4v) is 3.42. The van der Waals surface area contributed by atoms with Crippen LogP contribution in [-0.2, 0) is 6.54 Å². The van der Waals surface area contributed by atoms with Crippen LogP contribution >= 0.6 is 0 Å². The molecule has 5 nitrogen and oxygen atoms in total. The van der Waals surface area contributed by atoms with Gasteiger partial charge in [0.05, 0.1) is 12.1 Å². The molecule has 0 aliphatic carbocycles. The fourth-order valence-electron chi connectivity index (χ4n) is 3.42. The third-order valence-electron chi connectivity index (χ3n) is 4.85. The van der Waals surface area contributed by atoms with Gasteiger partial charge in [0.1, 0.15) is 5.52 Å². The molecule has 1 aliphatic heterocycles. The molecule has 2 aromatic carbocycles. The maximum absolute atomic E-state index is 12.7. The summed E-state index contributed by atoms with van der Waals surface area (Å²) in [6.07, 6.45) is 4.69. The van der Waals surface area contributed by atoms with E-state index in [9.17, 15) is 4.79 Å². The summed E-state index contributed by atoms with van der Waals surface area (Å²) in [4.78, 5) is 14.6. The van der Waals surface area contributed by atoms with E-state index in [1.165, 1.54) is 12.8 Å². The van der Waals surface area contributed by atoms with Crippen molar-refractivity contribution in [2.75, 3.05) is 13.1 Å². The van der Waals surface area contributed by atoms with Crippen LogP contribution in [0.15, 0.2) is 48.5 Å². The van der Waals surface area contributed by atoms with Crippen molar-refractivity contribution in [3.63, 3.8) is 0 Å². The topological polar surface area (TPSA) is 51.0 Å². The van der Waals surface area contributed by atoms with Crippen molar-refractivity contribution in [1.29, 1.82) is 0 Å². The van der Waals surface area contributed by atoms with Gasteiger partial charge in [-0.2, -0.15) is 0 Å². The monoisotopic (exact) mass is 334 g/mol. The Kier molecular flexibility index (Phi) is 4.46. The van der Waals surface area contributed by atoms with Gasteiger partial charge in [-0.1, -0.05) is 42.3 Å². The predicted octanol–water partition coefficient (Wildman–Crippen LogP) is 3.50. The first-order chi connectivity index (χ1) is 12.3. The quantitative estimate of drug-likeness (QED) is 0.737.